The molecule has 1 aromatic carbocycles. The van der Waals surface area contributed by atoms with Crippen LogP contribution in [-0.4, -0.2) is 32.5 Å². The van der Waals surface area contributed by atoms with Crippen LogP contribution in [0.5, 0.6) is 0 Å². The van der Waals surface area contributed by atoms with Gasteiger partial charge in [0.15, 0.2) is 5.89 Å². The molecule has 0 spiro atoms. The van der Waals surface area contributed by atoms with Crippen LogP contribution >= 0.6 is 12.4 Å². The zero-order valence-corrected chi connectivity index (χ0v) is 17.2. The van der Waals surface area contributed by atoms with Gasteiger partial charge in [-0.15, -0.1) is 12.4 Å². The van der Waals surface area contributed by atoms with E-state index in [-0.39, 0.29) is 17.3 Å². The molecule has 0 saturated heterocycles. The summed E-state index contributed by atoms with van der Waals surface area (Å²) in [5, 5.41) is 3.47. The Morgan fingerprint density at radius 1 is 1.07 bits per heavy atom. The molecule has 0 aliphatic heterocycles. The van der Waals surface area contributed by atoms with Crippen LogP contribution < -0.4 is 10.0 Å². The highest BCUT2D eigenvalue weighted by molar-refractivity contribution is 7.89. The van der Waals surface area contributed by atoms with Crippen LogP contribution in [0.4, 0.5) is 0 Å². The van der Waals surface area contributed by atoms with Crippen molar-refractivity contribution >= 4 is 22.4 Å². The van der Waals surface area contributed by atoms with E-state index in [0.29, 0.717) is 30.7 Å². The summed E-state index contributed by atoms with van der Waals surface area (Å²) in [6.07, 6.45) is 9.10. The third-order valence-electron chi connectivity index (χ3n) is 4.78. The highest BCUT2D eigenvalue weighted by atomic mass is 35.5. The second kappa shape index (κ2) is 10.2. The molecule has 1 heterocycles. The molecular formula is C19H28ClN3O3S. The largest absolute Gasteiger partial charge is 0.449 e. The maximum atomic E-state index is 12.4. The summed E-state index contributed by atoms with van der Waals surface area (Å²) in [6.45, 7) is 2.82. The fourth-order valence-electron chi connectivity index (χ4n) is 3.33. The molecule has 0 bridgehead atoms. The SMILES string of the molecule is Cc1nc(-c2ccc(S(=O)(=O)NCCNC3CCCCCC3)cc2)co1.Cl. The summed E-state index contributed by atoms with van der Waals surface area (Å²) >= 11 is 0. The van der Waals surface area contributed by atoms with E-state index in [9.17, 15) is 8.42 Å². The van der Waals surface area contributed by atoms with E-state index in [2.05, 4.69) is 15.0 Å². The van der Waals surface area contributed by atoms with Crippen LogP contribution in [0.1, 0.15) is 44.4 Å². The Kier molecular flexibility index (Phi) is 8.28. The quantitative estimate of drug-likeness (QED) is 0.534. The first-order chi connectivity index (χ1) is 12.5. The van der Waals surface area contributed by atoms with Crippen molar-refractivity contribution in [2.45, 2.75) is 56.4 Å². The third-order valence-corrected chi connectivity index (χ3v) is 6.26. The minimum atomic E-state index is -3.50. The Morgan fingerprint density at radius 2 is 1.74 bits per heavy atom. The summed E-state index contributed by atoms with van der Waals surface area (Å²) in [4.78, 5) is 4.50. The summed E-state index contributed by atoms with van der Waals surface area (Å²) in [5.74, 6) is 0.583. The summed E-state index contributed by atoms with van der Waals surface area (Å²) in [6, 6.07) is 7.21. The summed E-state index contributed by atoms with van der Waals surface area (Å²) in [7, 11) is -3.50. The van der Waals surface area contributed by atoms with Crippen molar-refractivity contribution in [3.05, 3.63) is 36.4 Å². The van der Waals surface area contributed by atoms with Crippen molar-refractivity contribution < 1.29 is 12.8 Å². The fourth-order valence-corrected chi connectivity index (χ4v) is 4.36. The van der Waals surface area contributed by atoms with Gasteiger partial charge < -0.3 is 9.73 Å². The Labute approximate surface area is 167 Å². The van der Waals surface area contributed by atoms with Crippen molar-refractivity contribution in [1.82, 2.24) is 15.0 Å². The number of hydrogen-bond acceptors (Lipinski definition) is 5. The highest BCUT2D eigenvalue weighted by Gasteiger charge is 2.15. The van der Waals surface area contributed by atoms with Gasteiger partial charge >= 0.3 is 0 Å². The van der Waals surface area contributed by atoms with Gasteiger partial charge in [0.25, 0.3) is 0 Å². The van der Waals surface area contributed by atoms with Gasteiger partial charge in [-0.2, -0.15) is 0 Å². The van der Waals surface area contributed by atoms with Gasteiger partial charge in [-0.3, -0.25) is 0 Å². The Balaban J connectivity index is 0.00000261. The van der Waals surface area contributed by atoms with Gasteiger partial charge in [-0.05, 0) is 25.0 Å². The molecule has 6 nitrogen and oxygen atoms in total. The van der Waals surface area contributed by atoms with Gasteiger partial charge in [0.2, 0.25) is 10.0 Å². The van der Waals surface area contributed by atoms with Crippen molar-refractivity contribution in [1.29, 1.82) is 0 Å². The summed E-state index contributed by atoms with van der Waals surface area (Å²) < 4.78 is 32.7. The number of hydrogen-bond donors (Lipinski definition) is 2. The predicted octanol–water partition coefficient (Wildman–Crippen LogP) is 3.66. The number of nitrogens with zero attached hydrogens (tertiary/aromatic N) is 1. The Hall–Kier alpha value is -1.41. The van der Waals surface area contributed by atoms with Crippen LogP contribution in [0.25, 0.3) is 11.3 Å². The van der Waals surface area contributed by atoms with Crippen molar-refractivity contribution in [2.75, 3.05) is 13.1 Å². The molecule has 0 amide bonds. The van der Waals surface area contributed by atoms with E-state index in [1.807, 2.05) is 0 Å². The van der Waals surface area contributed by atoms with E-state index in [4.69, 9.17) is 4.42 Å². The van der Waals surface area contributed by atoms with E-state index in [1.54, 1.807) is 37.5 Å². The molecule has 1 fully saturated rings. The lowest BCUT2D eigenvalue weighted by molar-refractivity contribution is 0.461. The first kappa shape index (κ1) is 21.9. The number of rotatable bonds is 7. The summed E-state index contributed by atoms with van der Waals surface area (Å²) in [5.41, 5.74) is 1.53. The molecule has 0 unspecified atom stereocenters. The zero-order valence-electron chi connectivity index (χ0n) is 15.6. The minimum Gasteiger partial charge on any atom is -0.449 e. The van der Waals surface area contributed by atoms with Crippen LogP contribution in [0.3, 0.4) is 0 Å². The monoisotopic (exact) mass is 413 g/mol. The highest BCUT2D eigenvalue weighted by Crippen LogP contribution is 2.20. The molecule has 0 radical (unpaired) electrons. The number of halogens is 1. The fraction of sp³-hybridized carbons (Fsp3) is 0.526. The lowest BCUT2D eigenvalue weighted by atomic mass is 10.1. The zero-order chi connectivity index (χ0) is 18.4. The van der Waals surface area contributed by atoms with Gasteiger partial charge in [0.1, 0.15) is 12.0 Å². The van der Waals surface area contributed by atoms with E-state index in [0.717, 1.165) is 5.56 Å². The number of aryl methyl sites for hydroxylation is 1. The molecular weight excluding hydrogens is 386 g/mol. The number of aromatic nitrogens is 1. The molecule has 1 aromatic heterocycles. The van der Waals surface area contributed by atoms with Gasteiger partial charge in [-0.1, -0.05) is 37.8 Å². The van der Waals surface area contributed by atoms with Gasteiger partial charge in [0, 0.05) is 31.6 Å². The van der Waals surface area contributed by atoms with Crippen molar-refractivity contribution in [3.63, 3.8) is 0 Å². The molecule has 0 atom stereocenters. The number of benzene rings is 1. The number of nitrogens with one attached hydrogen (secondary N) is 2. The normalized spacial score (nSPS) is 15.9. The second-order valence-electron chi connectivity index (χ2n) is 6.82. The maximum absolute atomic E-state index is 12.4. The first-order valence-corrected chi connectivity index (χ1v) is 10.8. The van der Waals surface area contributed by atoms with Crippen LogP contribution in [0.15, 0.2) is 39.8 Å². The van der Waals surface area contributed by atoms with E-state index in [1.165, 1.54) is 38.5 Å². The smallest absolute Gasteiger partial charge is 0.240 e. The molecule has 27 heavy (non-hydrogen) atoms. The van der Waals surface area contributed by atoms with Crippen LogP contribution in [0, 0.1) is 6.92 Å². The second-order valence-corrected chi connectivity index (χ2v) is 8.58. The minimum absolute atomic E-state index is 0. The van der Waals surface area contributed by atoms with Crippen LogP contribution in [0.2, 0.25) is 0 Å². The average Bonchev–Trinajstić information content (AvgIpc) is 2.90. The Bertz CT molecular complexity index is 798. The van der Waals surface area contributed by atoms with Gasteiger partial charge in [-0.25, -0.2) is 18.1 Å². The molecule has 8 heteroatoms. The van der Waals surface area contributed by atoms with Gasteiger partial charge in [0.05, 0.1) is 4.90 Å². The van der Waals surface area contributed by atoms with Crippen LogP contribution in [-0.2, 0) is 10.0 Å². The molecule has 3 rings (SSSR count). The van der Waals surface area contributed by atoms with Crippen molar-refractivity contribution in [3.8, 4) is 11.3 Å². The Morgan fingerprint density at radius 3 is 2.33 bits per heavy atom. The number of oxazole rings is 1. The molecule has 2 aromatic rings. The molecule has 1 aliphatic carbocycles. The molecule has 2 N–H and O–H groups in total. The standard InChI is InChI=1S/C19H27N3O3S.ClH/c1-15-22-19(14-25-15)16-8-10-18(11-9-16)26(23,24)21-13-12-20-17-6-4-2-3-5-7-17;/h8-11,14,17,20-21H,2-7,12-13H2,1H3;1H. The topological polar surface area (TPSA) is 84.2 Å². The predicted molar refractivity (Wildman–Crippen MR) is 109 cm³/mol. The number of sulfonamides is 1. The van der Waals surface area contributed by atoms with E-state index >= 15 is 0 Å². The first-order valence-electron chi connectivity index (χ1n) is 9.30. The lowest BCUT2D eigenvalue weighted by Gasteiger charge is -2.16. The average molecular weight is 414 g/mol. The molecule has 1 aliphatic rings. The van der Waals surface area contributed by atoms with E-state index < -0.39 is 10.0 Å². The molecule has 150 valence electrons. The lowest BCUT2D eigenvalue weighted by Crippen LogP contribution is -2.36. The van der Waals surface area contributed by atoms with Crippen molar-refractivity contribution in [2.24, 2.45) is 0 Å². The maximum Gasteiger partial charge on any atom is 0.240 e. The third kappa shape index (κ3) is 6.31. The molecule has 1 saturated carbocycles.